The number of benzene rings is 1. The van der Waals surface area contributed by atoms with Crippen LogP contribution < -0.4 is 10.1 Å². The zero-order valence-electron chi connectivity index (χ0n) is 14.2. The summed E-state index contributed by atoms with van der Waals surface area (Å²) in [7, 11) is 0. The molecule has 0 aliphatic carbocycles. The van der Waals surface area contributed by atoms with Gasteiger partial charge in [0.15, 0.2) is 0 Å². The van der Waals surface area contributed by atoms with Crippen molar-refractivity contribution in [1.29, 1.82) is 0 Å². The van der Waals surface area contributed by atoms with Crippen molar-refractivity contribution >= 4 is 0 Å². The number of para-hydroxylation sites is 1. The molecule has 0 amide bonds. The SMILES string of the molecule is c1ccc(OCCN(Cc2ccccn2)C2CCCNCC2)cc1. The number of nitrogens with zero attached hydrogens (tertiary/aromatic N) is 2. The lowest BCUT2D eigenvalue weighted by molar-refractivity contribution is 0.140. The Balaban J connectivity index is 1.60. The summed E-state index contributed by atoms with van der Waals surface area (Å²) in [5, 5.41) is 3.50. The first-order valence-corrected chi connectivity index (χ1v) is 8.94. The monoisotopic (exact) mass is 325 g/mol. The highest BCUT2D eigenvalue weighted by molar-refractivity contribution is 5.20. The molecule has 0 spiro atoms. The van der Waals surface area contributed by atoms with Gasteiger partial charge in [-0.2, -0.15) is 0 Å². The number of nitrogens with one attached hydrogen (secondary N) is 1. The molecule has 24 heavy (non-hydrogen) atoms. The van der Waals surface area contributed by atoms with Crippen molar-refractivity contribution in [3.05, 3.63) is 60.4 Å². The van der Waals surface area contributed by atoms with Crippen molar-refractivity contribution in [3.63, 3.8) is 0 Å². The Bertz CT molecular complexity index is 568. The van der Waals surface area contributed by atoms with Crippen LogP contribution in [0.1, 0.15) is 25.0 Å². The van der Waals surface area contributed by atoms with Crippen molar-refractivity contribution in [1.82, 2.24) is 15.2 Å². The number of aromatic nitrogens is 1. The van der Waals surface area contributed by atoms with E-state index in [2.05, 4.69) is 27.3 Å². The van der Waals surface area contributed by atoms with E-state index in [1.807, 2.05) is 42.6 Å². The second kappa shape index (κ2) is 9.40. The fourth-order valence-corrected chi connectivity index (χ4v) is 3.25. The summed E-state index contributed by atoms with van der Waals surface area (Å²) in [6.45, 7) is 4.76. The highest BCUT2D eigenvalue weighted by Gasteiger charge is 2.20. The largest absolute Gasteiger partial charge is 0.492 e. The first-order valence-electron chi connectivity index (χ1n) is 8.94. The van der Waals surface area contributed by atoms with Gasteiger partial charge in [0.05, 0.1) is 5.69 Å². The smallest absolute Gasteiger partial charge is 0.119 e. The van der Waals surface area contributed by atoms with Crippen LogP contribution in [0.5, 0.6) is 5.75 Å². The van der Waals surface area contributed by atoms with Crippen LogP contribution >= 0.6 is 0 Å². The quantitative estimate of drug-likeness (QED) is 0.849. The standard InChI is InChI=1S/C20H27N3O/c1-2-9-20(10-3-1)24-16-15-23(17-18-7-4-5-13-22-18)19-8-6-12-21-14-11-19/h1-5,7,9-10,13,19,21H,6,8,11-12,14-17H2. The molecule has 0 bridgehead atoms. The molecule has 4 nitrogen and oxygen atoms in total. The van der Waals surface area contributed by atoms with E-state index >= 15 is 0 Å². The summed E-state index contributed by atoms with van der Waals surface area (Å²) < 4.78 is 5.92. The molecule has 1 aromatic carbocycles. The Morgan fingerprint density at radius 3 is 2.75 bits per heavy atom. The minimum atomic E-state index is 0.598. The predicted octanol–water partition coefficient (Wildman–Crippen LogP) is 3.10. The average molecular weight is 325 g/mol. The Morgan fingerprint density at radius 2 is 1.92 bits per heavy atom. The van der Waals surface area contributed by atoms with Gasteiger partial charge in [-0.25, -0.2) is 0 Å². The van der Waals surface area contributed by atoms with Gasteiger partial charge in [-0.3, -0.25) is 9.88 Å². The molecule has 0 radical (unpaired) electrons. The first-order chi connectivity index (χ1) is 11.9. The maximum atomic E-state index is 5.92. The van der Waals surface area contributed by atoms with Crippen LogP contribution in [0.15, 0.2) is 54.7 Å². The molecule has 2 aromatic rings. The minimum Gasteiger partial charge on any atom is -0.492 e. The van der Waals surface area contributed by atoms with Crippen molar-refractivity contribution in [2.45, 2.75) is 31.8 Å². The van der Waals surface area contributed by atoms with E-state index in [4.69, 9.17) is 4.74 Å². The topological polar surface area (TPSA) is 37.4 Å². The lowest BCUT2D eigenvalue weighted by Gasteiger charge is -2.30. The van der Waals surface area contributed by atoms with E-state index in [1.54, 1.807) is 0 Å². The molecular weight excluding hydrogens is 298 g/mol. The Kier molecular flexibility index (Phi) is 6.63. The molecular formula is C20H27N3O. The molecule has 0 saturated carbocycles. The first kappa shape index (κ1) is 16.9. The lowest BCUT2D eigenvalue weighted by atomic mass is 10.1. The molecule has 1 aliphatic rings. The van der Waals surface area contributed by atoms with Gasteiger partial charge >= 0.3 is 0 Å². The van der Waals surface area contributed by atoms with Gasteiger partial charge in [0, 0.05) is 25.3 Å². The molecule has 1 saturated heterocycles. The maximum Gasteiger partial charge on any atom is 0.119 e. The summed E-state index contributed by atoms with van der Waals surface area (Å²) in [6, 6.07) is 16.8. The highest BCUT2D eigenvalue weighted by Crippen LogP contribution is 2.16. The van der Waals surface area contributed by atoms with Gasteiger partial charge in [0.25, 0.3) is 0 Å². The predicted molar refractivity (Wildman–Crippen MR) is 97.1 cm³/mol. The fourth-order valence-electron chi connectivity index (χ4n) is 3.25. The Hall–Kier alpha value is -1.91. The molecule has 1 aliphatic heterocycles. The second-order valence-electron chi connectivity index (χ2n) is 6.29. The van der Waals surface area contributed by atoms with Gasteiger partial charge in [-0.05, 0) is 56.6 Å². The van der Waals surface area contributed by atoms with E-state index in [1.165, 1.54) is 19.3 Å². The summed E-state index contributed by atoms with van der Waals surface area (Å²) in [5.74, 6) is 0.942. The zero-order valence-corrected chi connectivity index (χ0v) is 14.2. The van der Waals surface area contributed by atoms with Gasteiger partial charge in [-0.1, -0.05) is 24.3 Å². The summed E-state index contributed by atoms with van der Waals surface area (Å²) >= 11 is 0. The third kappa shape index (κ3) is 5.32. The van der Waals surface area contributed by atoms with E-state index in [9.17, 15) is 0 Å². The molecule has 1 aromatic heterocycles. The van der Waals surface area contributed by atoms with E-state index in [0.717, 1.165) is 37.6 Å². The van der Waals surface area contributed by atoms with Crippen LogP contribution in [0, 0.1) is 0 Å². The van der Waals surface area contributed by atoms with E-state index < -0.39 is 0 Å². The fraction of sp³-hybridized carbons (Fsp3) is 0.450. The number of hydrogen-bond acceptors (Lipinski definition) is 4. The van der Waals surface area contributed by atoms with Crippen LogP contribution in [0.25, 0.3) is 0 Å². The number of ether oxygens (including phenoxy) is 1. The third-order valence-electron chi connectivity index (χ3n) is 4.54. The Morgan fingerprint density at radius 1 is 1.04 bits per heavy atom. The van der Waals surface area contributed by atoms with Gasteiger partial charge < -0.3 is 10.1 Å². The van der Waals surface area contributed by atoms with E-state index in [-0.39, 0.29) is 0 Å². The molecule has 4 heteroatoms. The van der Waals surface area contributed by atoms with Crippen molar-refractivity contribution in [3.8, 4) is 5.75 Å². The highest BCUT2D eigenvalue weighted by atomic mass is 16.5. The number of hydrogen-bond donors (Lipinski definition) is 1. The third-order valence-corrected chi connectivity index (χ3v) is 4.54. The Labute approximate surface area is 144 Å². The second-order valence-corrected chi connectivity index (χ2v) is 6.29. The summed E-state index contributed by atoms with van der Waals surface area (Å²) in [6.07, 6.45) is 5.55. The van der Waals surface area contributed by atoms with Gasteiger partial charge in [0.1, 0.15) is 12.4 Å². The number of rotatable bonds is 7. The zero-order chi connectivity index (χ0) is 16.5. The average Bonchev–Trinajstić information content (AvgIpc) is 2.92. The van der Waals surface area contributed by atoms with Crippen molar-refractivity contribution < 1.29 is 4.74 Å². The molecule has 1 atom stereocenters. The minimum absolute atomic E-state index is 0.598. The normalized spacial score (nSPS) is 18.3. The molecule has 3 rings (SSSR count). The van der Waals surface area contributed by atoms with Crippen molar-refractivity contribution in [2.24, 2.45) is 0 Å². The van der Waals surface area contributed by atoms with Crippen LogP contribution in [0.2, 0.25) is 0 Å². The van der Waals surface area contributed by atoms with Crippen LogP contribution in [0.4, 0.5) is 0 Å². The summed E-state index contributed by atoms with van der Waals surface area (Å²) in [5.41, 5.74) is 1.13. The molecule has 1 N–H and O–H groups in total. The van der Waals surface area contributed by atoms with Crippen LogP contribution in [0.3, 0.4) is 0 Å². The molecule has 2 heterocycles. The maximum absolute atomic E-state index is 5.92. The molecule has 1 unspecified atom stereocenters. The molecule has 1 fully saturated rings. The van der Waals surface area contributed by atoms with Crippen LogP contribution in [-0.4, -0.2) is 42.2 Å². The van der Waals surface area contributed by atoms with Crippen LogP contribution in [-0.2, 0) is 6.54 Å². The molecule has 128 valence electrons. The van der Waals surface area contributed by atoms with Gasteiger partial charge in [0.2, 0.25) is 0 Å². The lowest BCUT2D eigenvalue weighted by Crippen LogP contribution is -2.38. The summed E-state index contributed by atoms with van der Waals surface area (Å²) in [4.78, 5) is 7.04. The number of pyridine rings is 1. The van der Waals surface area contributed by atoms with Crippen molar-refractivity contribution in [2.75, 3.05) is 26.2 Å². The van der Waals surface area contributed by atoms with E-state index in [0.29, 0.717) is 12.6 Å². The van der Waals surface area contributed by atoms with Gasteiger partial charge in [-0.15, -0.1) is 0 Å².